The van der Waals surface area contributed by atoms with E-state index >= 15 is 0 Å². The average molecular weight is 175 g/mol. The molecule has 0 spiro atoms. The van der Waals surface area contributed by atoms with E-state index < -0.39 is 0 Å². The molecule has 1 aromatic rings. The van der Waals surface area contributed by atoms with Crippen molar-refractivity contribution in [2.24, 2.45) is 0 Å². The van der Waals surface area contributed by atoms with Crippen LogP contribution in [0.5, 0.6) is 0 Å². The summed E-state index contributed by atoms with van der Waals surface area (Å²) in [4.78, 5) is 0. The Bertz CT molecular complexity index is 172. The molecule has 0 aromatic heterocycles. The normalized spacial score (nSPS) is 9.10. The van der Waals surface area contributed by atoms with Crippen LogP contribution in [0.1, 0.15) is 0 Å². The van der Waals surface area contributed by atoms with Crippen LogP contribution >= 0.6 is 7.92 Å². The highest BCUT2D eigenvalue weighted by atomic mass is 35.5. The fourth-order valence-electron chi connectivity index (χ4n) is 0.771. The molecule has 0 fully saturated rings. The molecular weight excluding hydrogens is 163 g/mol. The molecule has 1 aromatic carbocycles. The first-order valence-corrected chi connectivity index (χ1v) is 5.66. The quantitative estimate of drug-likeness (QED) is 0.469. The third-order valence-corrected chi connectivity index (χ3v) is 2.84. The molecule has 0 unspecified atom stereocenters. The summed E-state index contributed by atoms with van der Waals surface area (Å²) >= 11 is 0. The van der Waals surface area contributed by atoms with Crippen LogP contribution in [0.15, 0.2) is 30.3 Å². The predicted octanol–water partition coefficient (Wildman–Crippen LogP) is -1.21. The van der Waals surface area contributed by atoms with E-state index in [2.05, 4.69) is 43.7 Å². The van der Waals surface area contributed by atoms with Crippen molar-refractivity contribution in [1.82, 2.24) is 0 Å². The van der Waals surface area contributed by atoms with Gasteiger partial charge in [-0.25, -0.2) is 0 Å². The molecule has 0 radical (unpaired) electrons. The van der Waals surface area contributed by atoms with Crippen LogP contribution in [0.4, 0.5) is 0 Å². The molecule has 56 valence electrons. The summed E-state index contributed by atoms with van der Waals surface area (Å²) in [5.41, 5.74) is 0. The van der Waals surface area contributed by atoms with Crippen LogP contribution in [0.25, 0.3) is 0 Å². The third-order valence-electron chi connectivity index (χ3n) is 1.35. The van der Waals surface area contributed by atoms with Crippen molar-refractivity contribution in [3.05, 3.63) is 30.3 Å². The van der Waals surface area contributed by atoms with Gasteiger partial charge in [0.25, 0.3) is 0 Å². The minimum atomic E-state index is -0.212. The fraction of sp³-hybridized carbons (Fsp3) is 0.250. The Balaban J connectivity index is 0.000000810. The van der Waals surface area contributed by atoms with Gasteiger partial charge in [-0.05, 0) is 12.1 Å². The summed E-state index contributed by atoms with van der Waals surface area (Å²) < 4.78 is 0. The zero-order valence-electron chi connectivity index (χ0n) is 6.26. The number of benzene rings is 1. The lowest BCUT2D eigenvalue weighted by Crippen LogP contribution is -3.00. The topological polar surface area (TPSA) is 0 Å². The molecule has 0 bridgehead atoms. The van der Waals surface area contributed by atoms with Gasteiger partial charge < -0.3 is 12.4 Å². The SMILES string of the molecule is C[PH+](C)c1ccccc1.[Cl-]. The number of hydrogen-bond donors (Lipinski definition) is 0. The Morgan fingerprint density at radius 3 is 1.80 bits per heavy atom. The van der Waals surface area contributed by atoms with Gasteiger partial charge >= 0.3 is 0 Å². The van der Waals surface area contributed by atoms with Crippen molar-refractivity contribution in [3.63, 3.8) is 0 Å². The van der Waals surface area contributed by atoms with E-state index in [1.165, 1.54) is 5.30 Å². The Hall–Kier alpha value is -0.0600. The van der Waals surface area contributed by atoms with Gasteiger partial charge in [-0.3, -0.25) is 0 Å². The number of hydrogen-bond acceptors (Lipinski definition) is 0. The highest BCUT2D eigenvalue weighted by molar-refractivity contribution is 7.64. The summed E-state index contributed by atoms with van der Waals surface area (Å²) in [5, 5.41) is 1.52. The minimum Gasteiger partial charge on any atom is -1.00 e. The summed E-state index contributed by atoms with van der Waals surface area (Å²) in [6, 6.07) is 10.7. The molecule has 1 rings (SSSR count). The molecule has 10 heavy (non-hydrogen) atoms. The molecule has 0 N–H and O–H groups in total. The van der Waals surface area contributed by atoms with Crippen molar-refractivity contribution in [3.8, 4) is 0 Å². The smallest absolute Gasteiger partial charge is 0.0908 e. The molecule has 2 heteroatoms. The summed E-state index contributed by atoms with van der Waals surface area (Å²) in [6.07, 6.45) is 0. The van der Waals surface area contributed by atoms with E-state index in [-0.39, 0.29) is 20.3 Å². The molecular formula is C8H12ClP. The molecule has 0 aliphatic heterocycles. The van der Waals surface area contributed by atoms with Crippen LogP contribution < -0.4 is 17.7 Å². The monoisotopic (exact) mass is 174 g/mol. The Morgan fingerprint density at radius 2 is 1.50 bits per heavy atom. The van der Waals surface area contributed by atoms with Crippen LogP contribution in [0, 0.1) is 0 Å². The molecule has 0 nitrogen and oxygen atoms in total. The number of halogens is 1. The summed E-state index contributed by atoms with van der Waals surface area (Å²) in [5.74, 6) is 0. The maximum atomic E-state index is 2.31. The van der Waals surface area contributed by atoms with E-state index in [9.17, 15) is 0 Å². The second-order valence-electron chi connectivity index (χ2n) is 2.37. The highest BCUT2D eigenvalue weighted by Crippen LogP contribution is 2.22. The maximum absolute atomic E-state index is 2.31. The van der Waals surface area contributed by atoms with Gasteiger partial charge in [0.1, 0.15) is 0 Å². The second-order valence-corrected chi connectivity index (χ2v) is 4.94. The van der Waals surface area contributed by atoms with E-state index in [1.54, 1.807) is 0 Å². The molecule has 0 aliphatic carbocycles. The lowest BCUT2D eigenvalue weighted by atomic mass is 10.4. The largest absolute Gasteiger partial charge is 1.00 e. The lowest BCUT2D eigenvalue weighted by Gasteiger charge is -1.94. The summed E-state index contributed by atoms with van der Waals surface area (Å²) in [6.45, 7) is 4.61. The lowest BCUT2D eigenvalue weighted by molar-refractivity contribution is -0.00000191. The van der Waals surface area contributed by atoms with E-state index in [0.717, 1.165) is 0 Å². The Morgan fingerprint density at radius 1 is 1.00 bits per heavy atom. The minimum absolute atomic E-state index is 0. The molecule has 0 amide bonds. The van der Waals surface area contributed by atoms with Gasteiger partial charge in [0.05, 0.1) is 18.6 Å². The Kier molecular flexibility index (Phi) is 4.68. The first-order valence-electron chi connectivity index (χ1n) is 3.16. The van der Waals surface area contributed by atoms with Crippen molar-refractivity contribution < 1.29 is 12.4 Å². The summed E-state index contributed by atoms with van der Waals surface area (Å²) in [7, 11) is -0.212. The van der Waals surface area contributed by atoms with E-state index in [0.29, 0.717) is 0 Å². The van der Waals surface area contributed by atoms with Gasteiger partial charge in [-0.1, -0.05) is 18.2 Å². The van der Waals surface area contributed by atoms with Gasteiger partial charge in [0.15, 0.2) is 0 Å². The molecule has 0 saturated heterocycles. The molecule has 0 heterocycles. The van der Waals surface area contributed by atoms with Crippen molar-refractivity contribution in [2.75, 3.05) is 13.3 Å². The van der Waals surface area contributed by atoms with Gasteiger partial charge in [0, 0.05) is 7.92 Å². The molecule has 0 atom stereocenters. The maximum Gasteiger partial charge on any atom is 0.0908 e. The standard InChI is InChI=1S/C8H11P.ClH/c1-9(2)8-6-4-3-5-7-8;/h3-7H,1-2H3;1H. The van der Waals surface area contributed by atoms with Crippen LogP contribution in [-0.4, -0.2) is 13.3 Å². The first kappa shape index (κ1) is 9.94. The number of rotatable bonds is 1. The van der Waals surface area contributed by atoms with Crippen LogP contribution in [0.3, 0.4) is 0 Å². The van der Waals surface area contributed by atoms with Gasteiger partial charge in [0.2, 0.25) is 0 Å². The predicted molar refractivity (Wildman–Crippen MR) is 46.2 cm³/mol. The van der Waals surface area contributed by atoms with Crippen molar-refractivity contribution in [1.29, 1.82) is 0 Å². The van der Waals surface area contributed by atoms with Crippen molar-refractivity contribution in [2.45, 2.75) is 0 Å². The third kappa shape index (κ3) is 2.68. The van der Waals surface area contributed by atoms with Gasteiger partial charge in [-0.15, -0.1) is 0 Å². The van der Waals surface area contributed by atoms with E-state index in [4.69, 9.17) is 0 Å². The zero-order valence-corrected chi connectivity index (χ0v) is 8.02. The second kappa shape index (κ2) is 4.71. The molecule has 0 aliphatic rings. The average Bonchev–Trinajstić information content (AvgIpc) is 1.90. The first-order chi connectivity index (χ1) is 4.30. The van der Waals surface area contributed by atoms with Crippen LogP contribution in [-0.2, 0) is 0 Å². The molecule has 0 saturated carbocycles. The van der Waals surface area contributed by atoms with Gasteiger partial charge in [-0.2, -0.15) is 0 Å². The highest BCUT2D eigenvalue weighted by Gasteiger charge is 2.01. The Labute approximate surface area is 69.8 Å². The fourth-order valence-corrected chi connectivity index (χ4v) is 1.63. The van der Waals surface area contributed by atoms with Crippen LogP contribution in [0.2, 0.25) is 0 Å². The zero-order chi connectivity index (χ0) is 6.69. The van der Waals surface area contributed by atoms with Crippen molar-refractivity contribution >= 4 is 13.2 Å². The van der Waals surface area contributed by atoms with E-state index in [1.807, 2.05) is 0 Å².